The fourth-order valence-corrected chi connectivity index (χ4v) is 1.05. The van der Waals surface area contributed by atoms with Gasteiger partial charge in [0.1, 0.15) is 5.52 Å². The predicted octanol–water partition coefficient (Wildman–Crippen LogP) is 2.01. The lowest BCUT2D eigenvalue weighted by Gasteiger charge is -1.94. The van der Waals surface area contributed by atoms with Crippen LogP contribution in [0.25, 0.3) is 11.1 Å². The van der Waals surface area contributed by atoms with Gasteiger partial charge in [-0.3, -0.25) is 0 Å². The molecule has 2 N–H and O–H groups in total. The third-order valence-electron chi connectivity index (χ3n) is 1.58. The number of halogens is 2. The molecular weight excluding hydrogens is 194 g/mol. The van der Waals surface area contributed by atoms with Gasteiger partial charge < -0.3 is 14.9 Å². The van der Waals surface area contributed by atoms with Gasteiger partial charge in [0.05, 0.1) is 0 Å². The second-order valence-electron chi connectivity index (χ2n) is 2.59. The zero-order valence-electron chi connectivity index (χ0n) is 6.91. The van der Waals surface area contributed by atoms with E-state index in [-0.39, 0.29) is 0 Å². The SMILES string of the molecule is Nc1ccc2oc(OC(F)F)nc2c1. The molecule has 0 aliphatic carbocycles. The first-order valence-corrected chi connectivity index (χ1v) is 3.76. The highest BCUT2D eigenvalue weighted by Gasteiger charge is 2.11. The van der Waals surface area contributed by atoms with Crippen LogP contribution in [0.5, 0.6) is 6.08 Å². The number of alkyl halides is 2. The van der Waals surface area contributed by atoms with Crippen molar-refractivity contribution in [3.63, 3.8) is 0 Å². The second-order valence-corrected chi connectivity index (χ2v) is 2.59. The number of hydrogen-bond donors (Lipinski definition) is 1. The minimum absolute atomic E-state index is 0.356. The fourth-order valence-electron chi connectivity index (χ4n) is 1.05. The van der Waals surface area contributed by atoms with Gasteiger partial charge in [-0.15, -0.1) is 0 Å². The van der Waals surface area contributed by atoms with E-state index < -0.39 is 12.7 Å². The number of hydrogen-bond acceptors (Lipinski definition) is 4. The molecule has 0 bridgehead atoms. The first kappa shape index (κ1) is 8.74. The van der Waals surface area contributed by atoms with E-state index in [1.165, 1.54) is 12.1 Å². The van der Waals surface area contributed by atoms with Crippen LogP contribution >= 0.6 is 0 Å². The Hall–Kier alpha value is -1.85. The quantitative estimate of drug-likeness (QED) is 0.753. The predicted molar refractivity (Wildman–Crippen MR) is 45.1 cm³/mol. The van der Waals surface area contributed by atoms with Crippen molar-refractivity contribution < 1.29 is 17.9 Å². The van der Waals surface area contributed by atoms with E-state index >= 15 is 0 Å². The summed E-state index contributed by atoms with van der Waals surface area (Å²) in [6, 6.07) is 4.63. The van der Waals surface area contributed by atoms with Crippen LogP contribution in [0.15, 0.2) is 22.6 Å². The number of benzene rings is 1. The highest BCUT2D eigenvalue weighted by molar-refractivity contribution is 5.76. The average Bonchev–Trinajstić information content (AvgIpc) is 2.44. The normalized spacial score (nSPS) is 11.1. The molecule has 0 aliphatic heterocycles. The monoisotopic (exact) mass is 200 g/mol. The minimum atomic E-state index is -2.94. The standard InChI is InChI=1S/C8H6F2N2O2/c9-7(10)14-8-12-5-3-4(11)1-2-6(5)13-8/h1-3,7H,11H2. The highest BCUT2D eigenvalue weighted by Crippen LogP contribution is 2.23. The van der Waals surface area contributed by atoms with Gasteiger partial charge in [-0.05, 0) is 18.2 Å². The van der Waals surface area contributed by atoms with Gasteiger partial charge in [-0.1, -0.05) is 0 Å². The Morgan fingerprint density at radius 3 is 2.93 bits per heavy atom. The molecule has 2 aromatic rings. The van der Waals surface area contributed by atoms with Crippen LogP contribution < -0.4 is 10.5 Å². The van der Waals surface area contributed by atoms with E-state index in [1.54, 1.807) is 6.07 Å². The van der Waals surface area contributed by atoms with Crippen molar-refractivity contribution in [1.29, 1.82) is 0 Å². The molecule has 1 aromatic heterocycles. The van der Waals surface area contributed by atoms with Crippen LogP contribution in [-0.2, 0) is 0 Å². The van der Waals surface area contributed by atoms with E-state index in [9.17, 15) is 8.78 Å². The fraction of sp³-hybridized carbons (Fsp3) is 0.125. The number of rotatable bonds is 2. The summed E-state index contributed by atoms with van der Waals surface area (Å²) in [4.78, 5) is 3.66. The number of nitrogen functional groups attached to an aromatic ring is 1. The molecule has 0 radical (unpaired) electrons. The van der Waals surface area contributed by atoms with Gasteiger partial charge in [0, 0.05) is 5.69 Å². The summed E-state index contributed by atoms with van der Waals surface area (Å²) in [6.45, 7) is -2.94. The third kappa shape index (κ3) is 1.59. The van der Waals surface area contributed by atoms with Crippen molar-refractivity contribution in [3.8, 4) is 6.08 Å². The van der Waals surface area contributed by atoms with Gasteiger partial charge in [0.15, 0.2) is 5.58 Å². The molecule has 0 spiro atoms. The van der Waals surface area contributed by atoms with E-state index in [0.29, 0.717) is 16.8 Å². The maximum atomic E-state index is 11.8. The molecule has 1 aromatic carbocycles. The maximum Gasteiger partial charge on any atom is 0.399 e. The summed E-state index contributed by atoms with van der Waals surface area (Å²) in [5.41, 5.74) is 6.69. The van der Waals surface area contributed by atoms with Crippen molar-refractivity contribution in [1.82, 2.24) is 4.98 Å². The van der Waals surface area contributed by atoms with Crippen LogP contribution in [-0.4, -0.2) is 11.6 Å². The Kier molecular flexibility index (Phi) is 1.95. The number of nitrogens with zero attached hydrogens (tertiary/aromatic N) is 1. The number of ether oxygens (including phenoxy) is 1. The molecule has 1 heterocycles. The number of fused-ring (bicyclic) bond motifs is 1. The van der Waals surface area contributed by atoms with Crippen LogP contribution in [0.1, 0.15) is 0 Å². The Morgan fingerprint density at radius 1 is 1.43 bits per heavy atom. The van der Waals surface area contributed by atoms with Crippen LogP contribution in [0.4, 0.5) is 14.5 Å². The van der Waals surface area contributed by atoms with Crippen LogP contribution in [0.2, 0.25) is 0 Å². The molecule has 2 rings (SSSR count). The Morgan fingerprint density at radius 2 is 2.21 bits per heavy atom. The van der Waals surface area contributed by atoms with Crippen molar-refractivity contribution in [2.24, 2.45) is 0 Å². The lowest BCUT2D eigenvalue weighted by atomic mass is 10.3. The Bertz CT molecular complexity index is 456. The van der Waals surface area contributed by atoms with Gasteiger partial charge in [-0.25, -0.2) is 0 Å². The smallest absolute Gasteiger partial charge is 0.399 e. The zero-order valence-corrected chi connectivity index (χ0v) is 6.91. The molecule has 0 amide bonds. The topological polar surface area (TPSA) is 61.3 Å². The first-order chi connectivity index (χ1) is 6.65. The minimum Gasteiger partial charge on any atom is -0.409 e. The molecule has 74 valence electrons. The van der Waals surface area contributed by atoms with Crippen LogP contribution in [0.3, 0.4) is 0 Å². The van der Waals surface area contributed by atoms with E-state index in [2.05, 4.69) is 9.72 Å². The lowest BCUT2D eigenvalue weighted by molar-refractivity contribution is -0.0664. The van der Waals surface area contributed by atoms with Gasteiger partial charge in [0.25, 0.3) is 0 Å². The highest BCUT2D eigenvalue weighted by atomic mass is 19.3. The van der Waals surface area contributed by atoms with Crippen molar-refractivity contribution in [3.05, 3.63) is 18.2 Å². The third-order valence-corrected chi connectivity index (χ3v) is 1.58. The molecule has 0 atom stereocenters. The number of oxazole rings is 1. The van der Waals surface area contributed by atoms with Gasteiger partial charge in [-0.2, -0.15) is 13.8 Å². The van der Waals surface area contributed by atoms with Crippen LogP contribution in [0, 0.1) is 0 Å². The number of anilines is 1. The second kappa shape index (κ2) is 3.13. The van der Waals surface area contributed by atoms with E-state index in [0.717, 1.165) is 0 Å². The maximum absolute atomic E-state index is 11.8. The molecule has 0 saturated heterocycles. The van der Waals surface area contributed by atoms with Gasteiger partial charge >= 0.3 is 12.7 Å². The summed E-state index contributed by atoms with van der Waals surface area (Å²) < 4.78 is 32.4. The van der Waals surface area contributed by atoms with Crippen molar-refractivity contribution in [2.45, 2.75) is 6.61 Å². The lowest BCUT2D eigenvalue weighted by Crippen LogP contribution is -2.01. The van der Waals surface area contributed by atoms with E-state index in [4.69, 9.17) is 10.2 Å². The molecule has 0 fully saturated rings. The number of aromatic nitrogens is 1. The summed E-state index contributed by atoms with van der Waals surface area (Å²) in [6.07, 6.45) is -0.458. The van der Waals surface area contributed by atoms with E-state index in [1.807, 2.05) is 0 Å². The molecule has 0 unspecified atom stereocenters. The summed E-state index contributed by atoms with van der Waals surface area (Å²) >= 11 is 0. The molecule has 6 heteroatoms. The largest absolute Gasteiger partial charge is 0.409 e. The summed E-state index contributed by atoms with van der Waals surface area (Å²) in [5.74, 6) is 0. The van der Waals surface area contributed by atoms with Gasteiger partial charge in [0.2, 0.25) is 0 Å². The average molecular weight is 200 g/mol. The molecular formula is C8H6F2N2O2. The van der Waals surface area contributed by atoms with Crippen molar-refractivity contribution in [2.75, 3.05) is 5.73 Å². The number of nitrogens with two attached hydrogens (primary N) is 1. The molecule has 14 heavy (non-hydrogen) atoms. The Balaban J connectivity index is 2.41. The molecule has 0 saturated carbocycles. The molecule has 0 aliphatic rings. The van der Waals surface area contributed by atoms with Crippen molar-refractivity contribution >= 4 is 16.8 Å². The molecule has 4 nitrogen and oxygen atoms in total. The first-order valence-electron chi connectivity index (χ1n) is 3.76. The zero-order chi connectivity index (χ0) is 10.1. The summed E-state index contributed by atoms with van der Waals surface area (Å²) in [5, 5.41) is 0. The Labute approximate surface area is 77.3 Å². The summed E-state index contributed by atoms with van der Waals surface area (Å²) in [7, 11) is 0.